The van der Waals surface area contributed by atoms with Gasteiger partial charge in [0, 0.05) is 22.6 Å². The molecule has 0 aliphatic heterocycles. The Kier molecular flexibility index (Phi) is 2.90. The highest BCUT2D eigenvalue weighted by Gasteiger charge is 2.26. The number of hydrogen-bond acceptors (Lipinski definition) is 1. The lowest BCUT2D eigenvalue weighted by atomic mass is 9.90. The second-order valence-electron chi connectivity index (χ2n) is 5.73. The molecule has 1 aliphatic rings. The molecule has 0 saturated heterocycles. The molecule has 0 amide bonds. The first-order valence-corrected chi connectivity index (χ1v) is 7.02. The van der Waals surface area contributed by atoms with E-state index in [1.165, 1.54) is 53.4 Å². The van der Waals surface area contributed by atoms with Crippen LogP contribution in [0.5, 0.6) is 0 Å². The molecule has 3 N–H and O–H groups in total. The molecular weight excluding hydrogens is 220 g/mol. The van der Waals surface area contributed by atoms with Gasteiger partial charge in [0.05, 0.1) is 0 Å². The van der Waals surface area contributed by atoms with Crippen LogP contribution in [0.15, 0.2) is 18.2 Å². The van der Waals surface area contributed by atoms with Crippen molar-refractivity contribution in [2.45, 2.75) is 45.6 Å². The van der Waals surface area contributed by atoms with Gasteiger partial charge in [-0.3, -0.25) is 0 Å². The fourth-order valence-corrected chi connectivity index (χ4v) is 3.50. The molecule has 1 atom stereocenters. The Morgan fingerprint density at radius 3 is 2.67 bits per heavy atom. The van der Waals surface area contributed by atoms with Gasteiger partial charge in [-0.15, -0.1) is 0 Å². The van der Waals surface area contributed by atoms with Crippen molar-refractivity contribution >= 4 is 10.9 Å². The van der Waals surface area contributed by atoms with E-state index in [-0.39, 0.29) is 6.04 Å². The molecule has 0 bridgehead atoms. The number of aromatic amines is 1. The van der Waals surface area contributed by atoms with Crippen LogP contribution in [-0.2, 0) is 0 Å². The lowest BCUT2D eigenvalue weighted by Crippen LogP contribution is -2.19. The molecule has 18 heavy (non-hydrogen) atoms. The van der Waals surface area contributed by atoms with Gasteiger partial charge in [-0.1, -0.05) is 31.0 Å². The van der Waals surface area contributed by atoms with E-state index in [4.69, 9.17) is 5.73 Å². The Hall–Kier alpha value is -1.28. The van der Waals surface area contributed by atoms with E-state index in [1.54, 1.807) is 0 Å². The minimum atomic E-state index is 0.197. The van der Waals surface area contributed by atoms with Crippen LogP contribution in [0.1, 0.15) is 48.5 Å². The Balaban J connectivity index is 2.10. The molecule has 1 aliphatic carbocycles. The van der Waals surface area contributed by atoms with E-state index in [1.807, 2.05) is 0 Å². The van der Waals surface area contributed by atoms with Crippen LogP contribution in [0, 0.1) is 19.8 Å². The highest BCUT2D eigenvalue weighted by atomic mass is 14.8. The maximum absolute atomic E-state index is 6.54. The topological polar surface area (TPSA) is 41.8 Å². The number of benzene rings is 1. The van der Waals surface area contributed by atoms with Crippen LogP contribution < -0.4 is 5.73 Å². The van der Waals surface area contributed by atoms with Crippen molar-refractivity contribution < 1.29 is 0 Å². The van der Waals surface area contributed by atoms with E-state index < -0.39 is 0 Å². The first-order chi connectivity index (χ1) is 8.68. The fourth-order valence-electron chi connectivity index (χ4n) is 3.50. The van der Waals surface area contributed by atoms with Crippen molar-refractivity contribution in [1.82, 2.24) is 4.98 Å². The monoisotopic (exact) mass is 242 g/mol. The van der Waals surface area contributed by atoms with Crippen LogP contribution in [0.25, 0.3) is 10.9 Å². The van der Waals surface area contributed by atoms with Gasteiger partial charge in [0.2, 0.25) is 0 Å². The number of aryl methyl sites for hydroxylation is 2. The smallest absolute Gasteiger partial charge is 0.0489 e. The third kappa shape index (κ3) is 1.76. The average molecular weight is 242 g/mol. The number of fused-ring (bicyclic) bond motifs is 1. The van der Waals surface area contributed by atoms with Crippen molar-refractivity contribution in [2.24, 2.45) is 11.7 Å². The fraction of sp³-hybridized carbons (Fsp3) is 0.500. The highest BCUT2D eigenvalue weighted by molar-refractivity contribution is 5.87. The number of nitrogens with two attached hydrogens (primary N) is 1. The SMILES string of the molecule is Cc1[nH]c2c(C)cccc2c1C(N)C1CCCC1. The summed E-state index contributed by atoms with van der Waals surface area (Å²) in [7, 11) is 0. The van der Waals surface area contributed by atoms with Crippen molar-refractivity contribution in [3.05, 3.63) is 35.0 Å². The van der Waals surface area contributed by atoms with E-state index in [2.05, 4.69) is 37.0 Å². The summed E-state index contributed by atoms with van der Waals surface area (Å²) in [4.78, 5) is 3.52. The Morgan fingerprint density at radius 1 is 1.22 bits per heavy atom. The molecule has 1 saturated carbocycles. The number of para-hydroxylation sites is 1. The molecule has 1 unspecified atom stereocenters. The van der Waals surface area contributed by atoms with Gasteiger partial charge < -0.3 is 10.7 Å². The average Bonchev–Trinajstić information content (AvgIpc) is 2.96. The number of hydrogen-bond donors (Lipinski definition) is 2. The summed E-state index contributed by atoms with van der Waals surface area (Å²) in [6.45, 7) is 4.31. The maximum Gasteiger partial charge on any atom is 0.0489 e. The maximum atomic E-state index is 6.54. The van der Waals surface area contributed by atoms with Crippen molar-refractivity contribution in [2.75, 3.05) is 0 Å². The molecule has 2 heteroatoms. The van der Waals surface area contributed by atoms with E-state index in [9.17, 15) is 0 Å². The van der Waals surface area contributed by atoms with Crippen LogP contribution in [0.4, 0.5) is 0 Å². The van der Waals surface area contributed by atoms with Gasteiger partial charge in [-0.25, -0.2) is 0 Å². The second kappa shape index (κ2) is 4.43. The number of aromatic nitrogens is 1. The van der Waals surface area contributed by atoms with Crippen molar-refractivity contribution in [3.63, 3.8) is 0 Å². The molecule has 2 aromatic rings. The zero-order valence-corrected chi connectivity index (χ0v) is 11.3. The third-order valence-corrected chi connectivity index (χ3v) is 4.52. The summed E-state index contributed by atoms with van der Waals surface area (Å²) in [6.07, 6.45) is 5.27. The zero-order chi connectivity index (χ0) is 12.7. The molecular formula is C16H22N2. The lowest BCUT2D eigenvalue weighted by Gasteiger charge is -2.19. The van der Waals surface area contributed by atoms with Crippen LogP contribution in [-0.4, -0.2) is 4.98 Å². The Morgan fingerprint density at radius 2 is 1.94 bits per heavy atom. The quantitative estimate of drug-likeness (QED) is 0.822. The highest BCUT2D eigenvalue weighted by Crippen LogP contribution is 2.38. The number of nitrogens with one attached hydrogen (secondary N) is 1. The van der Waals surface area contributed by atoms with E-state index in [0.29, 0.717) is 5.92 Å². The first kappa shape index (κ1) is 11.8. The first-order valence-electron chi connectivity index (χ1n) is 7.02. The van der Waals surface area contributed by atoms with E-state index >= 15 is 0 Å². The molecule has 1 aromatic heterocycles. The van der Waals surface area contributed by atoms with Gasteiger partial charge in [-0.05, 0) is 43.7 Å². The molecule has 3 rings (SSSR count). The molecule has 1 fully saturated rings. The summed E-state index contributed by atoms with van der Waals surface area (Å²) in [5.74, 6) is 0.670. The molecule has 0 radical (unpaired) electrons. The van der Waals surface area contributed by atoms with Gasteiger partial charge in [0.25, 0.3) is 0 Å². The van der Waals surface area contributed by atoms with Crippen LogP contribution >= 0.6 is 0 Å². The van der Waals surface area contributed by atoms with Crippen molar-refractivity contribution in [1.29, 1.82) is 0 Å². The predicted molar refractivity (Wildman–Crippen MR) is 76.7 cm³/mol. The largest absolute Gasteiger partial charge is 0.358 e. The standard InChI is InChI=1S/C16H22N2/c1-10-6-5-9-13-14(11(2)18-16(10)13)15(17)12-7-3-4-8-12/h5-6,9,12,15,18H,3-4,7-8,17H2,1-2H3. The molecule has 2 nitrogen and oxygen atoms in total. The third-order valence-electron chi connectivity index (χ3n) is 4.52. The van der Waals surface area contributed by atoms with Crippen LogP contribution in [0.2, 0.25) is 0 Å². The van der Waals surface area contributed by atoms with Gasteiger partial charge in [-0.2, -0.15) is 0 Å². The molecule has 1 heterocycles. The minimum Gasteiger partial charge on any atom is -0.358 e. The van der Waals surface area contributed by atoms with Crippen molar-refractivity contribution in [3.8, 4) is 0 Å². The number of rotatable bonds is 2. The van der Waals surface area contributed by atoms with Gasteiger partial charge in [0.1, 0.15) is 0 Å². The molecule has 96 valence electrons. The Labute approximate surface area is 109 Å². The summed E-state index contributed by atoms with van der Waals surface area (Å²) in [6, 6.07) is 6.69. The van der Waals surface area contributed by atoms with Gasteiger partial charge >= 0.3 is 0 Å². The summed E-state index contributed by atoms with van der Waals surface area (Å²) in [5, 5.41) is 1.33. The summed E-state index contributed by atoms with van der Waals surface area (Å²) >= 11 is 0. The lowest BCUT2D eigenvalue weighted by molar-refractivity contribution is 0.445. The molecule has 0 spiro atoms. The molecule has 1 aromatic carbocycles. The summed E-state index contributed by atoms with van der Waals surface area (Å²) in [5.41, 5.74) is 11.7. The Bertz CT molecular complexity index is 562. The summed E-state index contributed by atoms with van der Waals surface area (Å²) < 4.78 is 0. The van der Waals surface area contributed by atoms with E-state index in [0.717, 1.165) is 0 Å². The zero-order valence-electron chi connectivity index (χ0n) is 11.3. The second-order valence-corrected chi connectivity index (χ2v) is 5.73. The normalized spacial score (nSPS) is 18.6. The number of H-pyrrole nitrogens is 1. The minimum absolute atomic E-state index is 0.197. The predicted octanol–water partition coefficient (Wildman–Crippen LogP) is 3.97. The van der Waals surface area contributed by atoms with Gasteiger partial charge in [0.15, 0.2) is 0 Å². The van der Waals surface area contributed by atoms with Crippen LogP contribution in [0.3, 0.4) is 0 Å².